The Hall–Kier alpha value is -2.74. The highest BCUT2D eigenvalue weighted by molar-refractivity contribution is 7.59. The van der Waals surface area contributed by atoms with E-state index in [4.69, 9.17) is 32.9 Å². The second-order valence-electron chi connectivity index (χ2n) is 9.82. The Morgan fingerprint density at radius 2 is 1.83 bits per heavy atom. The average molecular weight is 544 g/mol. The fourth-order valence-electron chi connectivity index (χ4n) is 4.75. The predicted octanol–water partition coefficient (Wildman–Crippen LogP) is 6.68. The number of ether oxygens (including phenoxy) is 1. The van der Waals surface area contributed by atoms with E-state index in [0.29, 0.717) is 34.3 Å². The maximum Gasteiger partial charge on any atom is 0.253 e. The first-order valence-electron chi connectivity index (χ1n) is 11.5. The molecule has 1 aliphatic heterocycles. The minimum atomic E-state index is -0.370. The van der Waals surface area contributed by atoms with Gasteiger partial charge in [0.2, 0.25) is 0 Å². The predicted molar refractivity (Wildman–Crippen MR) is 149 cm³/mol. The summed E-state index contributed by atoms with van der Waals surface area (Å²) in [7, 11) is 0. The molecule has 0 fully saturated rings. The number of imidazole rings is 1. The number of carbonyl (C=O) groups excluding carboxylic acids is 1. The van der Waals surface area contributed by atoms with Crippen molar-refractivity contribution >= 4 is 48.3 Å². The van der Waals surface area contributed by atoms with Crippen molar-refractivity contribution in [1.82, 2.24) is 19.9 Å². The van der Waals surface area contributed by atoms with Crippen LogP contribution < -0.4 is 10.1 Å². The Labute approximate surface area is 227 Å². The summed E-state index contributed by atoms with van der Waals surface area (Å²) in [6.07, 6.45) is 2.33. The molecule has 0 saturated carbocycles. The van der Waals surface area contributed by atoms with E-state index in [1.807, 2.05) is 43.3 Å². The van der Waals surface area contributed by atoms with E-state index in [2.05, 4.69) is 31.2 Å². The highest BCUT2D eigenvalue weighted by atomic mass is 35.5. The summed E-state index contributed by atoms with van der Waals surface area (Å²) in [5.41, 5.74) is 4.97. The highest BCUT2D eigenvalue weighted by Crippen LogP contribution is 2.36. The molecule has 1 atom stereocenters. The summed E-state index contributed by atoms with van der Waals surface area (Å²) >= 11 is 12.5. The molecule has 1 aliphatic rings. The van der Waals surface area contributed by atoms with Gasteiger partial charge in [-0.2, -0.15) is 18.6 Å². The van der Waals surface area contributed by atoms with Crippen molar-refractivity contribution in [3.8, 4) is 17.0 Å². The fourth-order valence-corrected chi connectivity index (χ4v) is 5.28. The number of aromatic nitrogens is 3. The van der Waals surface area contributed by atoms with Gasteiger partial charge < -0.3 is 10.1 Å². The molecule has 3 heterocycles. The lowest BCUT2D eigenvalue weighted by molar-refractivity contribution is 0.0922. The van der Waals surface area contributed by atoms with Crippen LogP contribution in [0.2, 0.25) is 10.0 Å². The number of benzene rings is 2. The number of hydrogen-bond acceptors (Lipinski definition) is 4. The Kier molecular flexibility index (Phi) is 7.28. The van der Waals surface area contributed by atoms with Crippen LogP contribution in [0, 0.1) is 6.92 Å². The van der Waals surface area contributed by atoms with E-state index in [9.17, 15) is 4.79 Å². The molecule has 0 unspecified atom stereocenters. The van der Waals surface area contributed by atoms with Crippen molar-refractivity contribution < 1.29 is 9.53 Å². The first-order chi connectivity index (χ1) is 16.6. The molecule has 2 aromatic heterocycles. The van der Waals surface area contributed by atoms with E-state index in [1.54, 1.807) is 16.8 Å². The van der Waals surface area contributed by atoms with Crippen molar-refractivity contribution in [3.63, 3.8) is 0 Å². The molecule has 0 aliphatic carbocycles. The Morgan fingerprint density at radius 1 is 1.14 bits per heavy atom. The summed E-state index contributed by atoms with van der Waals surface area (Å²) in [4.78, 5) is 18.5. The molecule has 0 bridgehead atoms. The fraction of sp³-hybridized carbons (Fsp3) is 0.296. The molecule has 188 valence electrons. The minimum absolute atomic E-state index is 0. The summed E-state index contributed by atoms with van der Waals surface area (Å²) < 4.78 is 7.53. The lowest BCUT2D eigenvalue weighted by Crippen LogP contribution is -2.34. The number of fused-ring (bicyclic) bond motifs is 2. The second kappa shape index (κ2) is 9.96. The van der Waals surface area contributed by atoms with Gasteiger partial charge in [-0.1, -0.05) is 62.2 Å². The maximum atomic E-state index is 13.6. The van der Waals surface area contributed by atoms with Gasteiger partial charge in [0.05, 0.1) is 35.8 Å². The third kappa shape index (κ3) is 4.80. The summed E-state index contributed by atoms with van der Waals surface area (Å²) in [5, 5.41) is 8.92. The summed E-state index contributed by atoms with van der Waals surface area (Å²) in [5.74, 6) is 0.627. The zero-order valence-electron chi connectivity index (χ0n) is 20.5. The van der Waals surface area contributed by atoms with Crippen LogP contribution in [0.1, 0.15) is 60.4 Å². The van der Waals surface area contributed by atoms with Gasteiger partial charge in [-0.05, 0) is 36.6 Å². The van der Waals surface area contributed by atoms with Gasteiger partial charge in [0.25, 0.3) is 5.91 Å². The van der Waals surface area contributed by atoms with Crippen molar-refractivity contribution in [2.45, 2.75) is 45.6 Å². The topological polar surface area (TPSA) is 68.5 Å². The molecule has 1 amide bonds. The van der Waals surface area contributed by atoms with Crippen LogP contribution in [0.5, 0.6) is 5.75 Å². The molecule has 36 heavy (non-hydrogen) atoms. The van der Waals surface area contributed by atoms with Crippen LogP contribution in [-0.2, 0) is 5.41 Å². The molecule has 0 radical (unpaired) electrons. The number of rotatable bonds is 3. The first kappa shape index (κ1) is 26.3. The zero-order chi connectivity index (χ0) is 24.9. The Morgan fingerprint density at radius 3 is 2.53 bits per heavy atom. The van der Waals surface area contributed by atoms with Gasteiger partial charge in [0.1, 0.15) is 5.75 Å². The second-order valence-corrected chi connectivity index (χ2v) is 10.7. The van der Waals surface area contributed by atoms with Gasteiger partial charge in [0.15, 0.2) is 5.65 Å². The highest BCUT2D eigenvalue weighted by Gasteiger charge is 2.30. The number of nitrogens with one attached hydrogen (secondary N) is 1. The molecular formula is C27H28Cl2N4O2S. The van der Waals surface area contributed by atoms with Gasteiger partial charge in [-0.3, -0.25) is 4.79 Å². The van der Waals surface area contributed by atoms with E-state index in [1.165, 1.54) is 0 Å². The first-order valence-corrected chi connectivity index (χ1v) is 12.3. The minimum Gasteiger partial charge on any atom is -0.493 e. The standard InChI is InChI=1S/C27H26Cl2N4O2.H2S/c1-15-24(16-11-17(28)13-18(29)12-16)33-25(31-15)23(27(2,3)4)20(14-30-33)26(34)32-21-9-10-35-22-8-6-5-7-19(21)22;/h5-8,11-14,21H,9-10H2,1-4H3,(H,32,34);1H2/t21-;/m0./s1. The number of carbonyl (C=O) groups is 1. The third-order valence-electron chi connectivity index (χ3n) is 6.22. The lowest BCUT2D eigenvalue weighted by Gasteiger charge is -2.28. The summed E-state index contributed by atoms with van der Waals surface area (Å²) in [6.45, 7) is 8.69. The molecule has 2 aromatic carbocycles. The van der Waals surface area contributed by atoms with Gasteiger partial charge in [-0.15, -0.1) is 0 Å². The molecule has 6 nitrogen and oxygen atoms in total. The van der Waals surface area contributed by atoms with E-state index in [0.717, 1.165) is 33.8 Å². The van der Waals surface area contributed by atoms with Crippen molar-refractivity contribution in [2.24, 2.45) is 0 Å². The SMILES string of the molecule is Cc1nc2c(C(C)(C)C)c(C(=O)N[C@H]3CCOc4ccccc43)cnn2c1-c1cc(Cl)cc(Cl)c1.S. The molecule has 9 heteroatoms. The number of halogens is 2. The molecule has 0 saturated heterocycles. The number of hydrogen-bond donors (Lipinski definition) is 1. The van der Waals surface area contributed by atoms with E-state index >= 15 is 0 Å². The average Bonchev–Trinajstić information content (AvgIpc) is 3.12. The van der Waals surface area contributed by atoms with Crippen LogP contribution in [0.3, 0.4) is 0 Å². The quantitative estimate of drug-likeness (QED) is 0.313. The Balaban J connectivity index is 0.00000304. The van der Waals surface area contributed by atoms with Crippen molar-refractivity contribution in [2.75, 3.05) is 6.61 Å². The number of amides is 1. The van der Waals surface area contributed by atoms with E-state index < -0.39 is 0 Å². The van der Waals surface area contributed by atoms with Gasteiger partial charge in [0, 0.05) is 33.2 Å². The van der Waals surface area contributed by atoms with Crippen LogP contribution >= 0.6 is 36.7 Å². The number of nitrogens with zero attached hydrogens (tertiary/aromatic N) is 3. The number of para-hydroxylation sites is 1. The Bertz CT molecular complexity index is 1440. The van der Waals surface area contributed by atoms with Crippen LogP contribution in [0.15, 0.2) is 48.7 Å². The van der Waals surface area contributed by atoms with Crippen LogP contribution in [-0.4, -0.2) is 27.1 Å². The molecular weight excluding hydrogens is 515 g/mol. The third-order valence-corrected chi connectivity index (χ3v) is 6.65. The van der Waals surface area contributed by atoms with Gasteiger partial charge >= 0.3 is 0 Å². The van der Waals surface area contributed by atoms with Crippen LogP contribution in [0.4, 0.5) is 0 Å². The smallest absolute Gasteiger partial charge is 0.253 e. The van der Waals surface area contributed by atoms with E-state index in [-0.39, 0.29) is 30.9 Å². The largest absolute Gasteiger partial charge is 0.493 e. The van der Waals surface area contributed by atoms with Crippen molar-refractivity contribution in [3.05, 3.63) is 81.1 Å². The van der Waals surface area contributed by atoms with Gasteiger partial charge in [-0.25, -0.2) is 9.50 Å². The monoisotopic (exact) mass is 542 g/mol. The van der Waals surface area contributed by atoms with Crippen molar-refractivity contribution in [1.29, 1.82) is 0 Å². The normalized spacial score (nSPS) is 15.1. The lowest BCUT2D eigenvalue weighted by atomic mass is 9.84. The van der Waals surface area contributed by atoms with Crippen LogP contribution in [0.25, 0.3) is 16.9 Å². The molecule has 1 N–H and O–H groups in total. The zero-order valence-corrected chi connectivity index (χ0v) is 23.0. The number of aryl methyl sites for hydroxylation is 1. The molecule has 4 aromatic rings. The summed E-state index contributed by atoms with van der Waals surface area (Å²) in [6, 6.07) is 13.0. The molecule has 5 rings (SSSR count). The maximum absolute atomic E-state index is 13.6. The molecule has 0 spiro atoms.